The standard InChI is InChI=1S/C10H11FN2/c1-6(12)9-5-7-3-2-4-8(11)10(7)13-9/h2-6,13H,12H2,1H3/t6-/m1/s1. The van der Waals surface area contributed by atoms with Gasteiger partial charge >= 0.3 is 0 Å². The Hall–Kier alpha value is -1.35. The van der Waals surface area contributed by atoms with E-state index < -0.39 is 0 Å². The highest BCUT2D eigenvalue weighted by molar-refractivity contribution is 5.81. The monoisotopic (exact) mass is 178 g/mol. The van der Waals surface area contributed by atoms with Gasteiger partial charge in [-0.1, -0.05) is 12.1 Å². The summed E-state index contributed by atoms with van der Waals surface area (Å²) in [5, 5.41) is 0.868. The molecule has 0 spiro atoms. The number of nitrogens with one attached hydrogen (secondary N) is 1. The Labute approximate surface area is 75.6 Å². The quantitative estimate of drug-likeness (QED) is 0.691. The minimum Gasteiger partial charge on any atom is -0.355 e. The highest BCUT2D eigenvalue weighted by Gasteiger charge is 2.06. The number of nitrogens with two attached hydrogens (primary N) is 1. The molecular weight excluding hydrogens is 167 g/mol. The number of hydrogen-bond donors (Lipinski definition) is 2. The summed E-state index contributed by atoms with van der Waals surface area (Å²) in [5.41, 5.74) is 7.07. The van der Waals surface area contributed by atoms with Gasteiger partial charge in [0.1, 0.15) is 5.82 Å². The molecule has 2 aromatic rings. The molecule has 13 heavy (non-hydrogen) atoms. The van der Waals surface area contributed by atoms with Crippen molar-refractivity contribution in [1.29, 1.82) is 0 Å². The molecule has 0 aliphatic carbocycles. The van der Waals surface area contributed by atoms with Crippen LogP contribution in [0.1, 0.15) is 18.7 Å². The molecule has 2 nitrogen and oxygen atoms in total. The molecule has 0 aliphatic heterocycles. The molecule has 0 unspecified atom stereocenters. The van der Waals surface area contributed by atoms with E-state index in [0.29, 0.717) is 5.52 Å². The maximum atomic E-state index is 13.2. The van der Waals surface area contributed by atoms with Crippen LogP contribution in [0.15, 0.2) is 24.3 Å². The average molecular weight is 178 g/mol. The Balaban J connectivity index is 2.68. The van der Waals surface area contributed by atoms with Crippen molar-refractivity contribution in [1.82, 2.24) is 4.98 Å². The zero-order chi connectivity index (χ0) is 9.42. The van der Waals surface area contributed by atoms with Gasteiger partial charge < -0.3 is 10.7 Å². The lowest BCUT2D eigenvalue weighted by atomic mass is 10.2. The number of benzene rings is 1. The lowest BCUT2D eigenvalue weighted by Gasteiger charge is -1.98. The van der Waals surface area contributed by atoms with Crippen LogP contribution in [0.3, 0.4) is 0 Å². The van der Waals surface area contributed by atoms with Crippen LogP contribution in [0.25, 0.3) is 10.9 Å². The molecule has 0 saturated heterocycles. The van der Waals surface area contributed by atoms with E-state index in [9.17, 15) is 4.39 Å². The Morgan fingerprint density at radius 1 is 1.46 bits per heavy atom. The predicted octanol–water partition coefficient (Wildman–Crippen LogP) is 2.33. The fourth-order valence-corrected chi connectivity index (χ4v) is 1.39. The first-order valence-electron chi connectivity index (χ1n) is 4.21. The van der Waals surface area contributed by atoms with Crippen molar-refractivity contribution in [2.45, 2.75) is 13.0 Å². The number of aromatic nitrogens is 1. The topological polar surface area (TPSA) is 41.8 Å². The number of halogens is 1. The molecule has 3 N–H and O–H groups in total. The van der Waals surface area contributed by atoms with Crippen LogP contribution in [0, 0.1) is 5.82 Å². The fourth-order valence-electron chi connectivity index (χ4n) is 1.39. The van der Waals surface area contributed by atoms with Gasteiger partial charge in [0.2, 0.25) is 0 Å². The van der Waals surface area contributed by atoms with Crippen LogP contribution >= 0.6 is 0 Å². The smallest absolute Gasteiger partial charge is 0.147 e. The van der Waals surface area contributed by atoms with Gasteiger partial charge in [-0.25, -0.2) is 4.39 Å². The van der Waals surface area contributed by atoms with Gasteiger partial charge in [0.05, 0.1) is 5.52 Å². The molecule has 1 aromatic heterocycles. The van der Waals surface area contributed by atoms with Crippen LogP contribution in [0.2, 0.25) is 0 Å². The SMILES string of the molecule is C[C@@H](N)c1cc2cccc(F)c2[nH]1. The Kier molecular flexibility index (Phi) is 1.81. The number of H-pyrrole nitrogens is 1. The lowest BCUT2D eigenvalue weighted by molar-refractivity contribution is 0.636. The van der Waals surface area contributed by atoms with Crippen LogP contribution in [-0.2, 0) is 0 Å². The van der Waals surface area contributed by atoms with Crippen LogP contribution in [0.4, 0.5) is 4.39 Å². The summed E-state index contributed by atoms with van der Waals surface area (Å²) < 4.78 is 13.2. The summed E-state index contributed by atoms with van der Waals surface area (Å²) in [6, 6.07) is 6.77. The van der Waals surface area contributed by atoms with E-state index in [1.165, 1.54) is 6.07 Å². The second kappa shape index (κ2) is 2.85. The Morgan fingerprint density at radius 3 is 2.85 bits per heavy atom. The maximum Gasteiger partial charge on any atom is 0.147 e. The molecule has 2 rings (SSSR count). The van der Waals surface area contributed by atoms with Crippen molar-refractivity contribution in [3.8, 4) is 0 Å². The third-order valence-electron chi connectivity index (χ3n) is 2.12. The van der Waals surface area contributed by atoms with E-state index in [4.69, 9.17) is 5.73 Å². The summed E-state index contributed by atoms with van der Waals surface area (Å²) in [6.07, 6.45) is 0. The summed E-state index contributed by atoms with van der Waals surface area (Å²) in [4.78, 5) is 2.96. The number of fused-ring (bicyclic) bond motifs is 1. The molecule has 0 fully saturated rings. The first-order valence-corrected chi connectivity index (χ1v) is 4.21. The highest BCUT2D eigenvalue weighted by atomic mass is 19.1. The normalized spacial score (nSPS) is 13.5. The van der Waals surface area contributed by atoms with Crippen LogP contribution in [0.5, 0.6) is 0 Å². The van der Waals surface area contributed by atoms with Gasteiger partial charge in [-0.2, -0.15) is 0 Å². The zero-order valence-corrected chi connectivity index (χ0v) is 7.34. The molecule has 0 bridgehead atoms. The minimum atomic E-state index is -0.232. The van der Waals surface area contributed by atoms with Gasteiger partial charge in [0, 0.05) is 17.1 Å². The van der Waals surface area contributed by atoms with E-state index in [-0.39, 0.29) is 11.9 Å². The van der Waals surface area contributed by atoms with Gasteiger partial charge in [0.15, 0.2) is 0 Å². The van der Waals surface area contributed by atoms with Gasteiger partial charge in [0.25, 0.3) is 0 Å². The first kappa shape index (κ1) is 8.26. The number of rotatable bonds is 1. The maximum absolute atomic E-state index is 13.2. The Bertz CT molecular complexity index is 431. The zero-order valence-electron chi connectivity index (χ0n) is 7.34. The average Bonchev–Trinajstić information content (AvgIpc) is 2.49. The summed E-state index contributed by atoms with van der Waals surface area (Å²) >= 11 is 0. The van der Waals surface area contributed by atoms with E-state index in [2.05, 4.69) is 4.98 Å². The highest BCUT2D eigenvalue weighted by Crippen LogP contribution is 2.20. The van der Waals surface area contributed by atoms with Crippen LogP contribution < -0.4 is 5.73 Å². The molecule has 0 radical (unpaired) electrons. The number of para-hydroxylation sites is 1. The third-order valence-corrected chi connectivity index (χ3v) is 2.12. The Morgan fingerprint density at radius 2 is 2.23 bits per heavy atom. The summed E-state index contributed by atoms with van der Waals surface area (Å²) in [5.74, 6) is -0.232. The molecule has 1 atom stereocenters. The number of aromatic amines is 1. The largest absolute Gasteiger partial charge is 0.355 e. The first-order chi connectivity index (χ1) is 6.18. The molecule has 68 valence electrons. The van der Waals surface area contributed by atoms with Gasteiger partial charge in [-0.05, 0) is 19.1 Å². The molecule has 1 aromatic carbocycles. The summed E-state index contributed by atoms with van der Waals surface area (Å²) in [7, 11) is 0. The molecule has 0 aliphatic rings. The molecule has 0 saturated carbocycles. The van der Waals surface area contributed by atoms with E-state index in [0.717, 1.165) is 11.1 Å². The second-order valence-corrected chi connectivity index (χ2v) is 3.22. The summed E-state index contributed by atoms with van der Waals surface area (Å²) in [6.45, 7) is 1.86. The van der Waals surface area contributed by atoms with Crippen molar-refractivity contribution in [3.63, 3.8) is 0 Å². The third kappa shape index (κ3) is 1.31. The molecule has 1 heterocycles. The van der Waals surface area contributed by atoms with E-state index in [1.54, 1.807) is 6.07 Å². The molecular formula is C10H11FN2. The van der Waals surface area contributed by atoms with Gasteiger partial charge in [-0.3, -0.25) is 0 Å². The predicted molar refractivity (Wildman–Crippen MR) is 50.9 cm³/mol. The van der Waals surface area contributed by atoms with Crippen molar-refractivity contribution in [2.75, 3.05) is 0 Å². The lowest BCUT2D eigenvalue weighted by Crippen LogP contribution is -2.04. The fraction of sp³-hybridized carbons (Fsp3) is 0.200. The van der Waals surface area contributed by atoms with Gasteiger partial charge in [-0.15, -0.1) is 0 Å². The molecule has 0 amide bonds. The van der Waals surface area contributed by atoms with Crippen molar-refractivity contribution in [2.24, 2.45) is 5.73 Å². The molecule has 3 heteroatoms. The van der Waals surface area contributed by atoms with Crippen molar-refractivity contribution < 1.29 is 4.39 Å². The minimum absolute atomic E-state index is 0.0909. The second-order valence-electron chi connectivity index (χ2n) is 3.22. The number of hydrogen-bond acceptors (Lipinski definition) is 1. The van der Waals surface area contributed by atoms with E-state index >= 15 is 0 Å². The van der Waals surface area contributed by atoms with Crippen molar-refractivity contribution >= 4 is 10.9 Å². The van der Waals surface area contributed by atoms with E-state index in [1.807, 2.05) is 19.1 Å². The van der Waals surface area contributed by atoms with Crippen LogP contribution in [-0.4, -0.2) is 4.98 Å². The van der Waals surface area contributed by atoms with Crippen molar-refractivity contribution in [3.05, 3.63) is 35.8 Å².